The van der Waals surface area contributed by atoms with Crippen LogP contribution in [0.2, 0.25) is 0 Å². The second-order valence-corrected chi connectivity index (χ2v) is 3.61. The SMILES string of the molecule is CCc1ccc(-c2nc(N)ns2)nc1. The summed E-state index contributed by atoms with van der Waals surface area (Å²) in [7, 11) is 0. The van der Waals surface area contributed by atoms with Crippen molar-refractivity contribution in [3.05, 3.63) is 23.9 Å². The molecule has 0 saturated carbocycles. The van der Waals surface area contributed by atoms with Crippen LogP contribution in [0.15, 0.2) is 18.3 Å². The molecule has 0 radical (unpaired) electrons. The summed E-state index contributed by atoms with van der Waals surface area (Å²) in [6, 6.07) is 3.98. The Kier molecular flexibility index (Phi) is 2.41. The van der Waals surface area contributed by atoms with Gasteiger partial charge in [-0.3, -0.25) is 4.98 Å². The van der Waals surface area contributed by atoms with Gasteiger partial charge in [0.1, 0.15) is 5.69 Å². The van der Waals surface area contributed by atoms with Gasteiger partial charge in [0.05, 0.1) is 0 Å². The van der Waals surface area contributed by atoms with Gasteiger partial charge in [-0.2, -0.15) is 9.36 Å². The molecule has 0 atom stereocenters. The van der Waals surface area contributed by atoms with Gasteiger partial charge in [-0.05, 0) is 29.6 Å². The molecule has 0 aliphatic heterocycles. The number of aromatic nitrogens is 3. The number of nitrogens with zero attached hydrogens (tertiary/aromatic N) is 3. The Bertz CT molecular complexity index is 421. The molecule has 2 aromatic heterocycles. The van der Waals surface area contributed by atoms with Crippen LogP contribution < -0.4 is 5.73 Å². The first-order valence-electron chi connectivity index (χ1n) is 4.34. The number of rotatable bonds is 2. The van der Waals surface area contributed by atoms with E-state index in [-0.39, 0.29) is 0 Å². The Labute approximate surface area is 86.0 Å². The van der Waals surface area contributed by atoms with Gasteiger partial charge in [0.2, 0.25) is 5.95 Å². The fourth-order valence-corrected chi connectivity index (χ4v) is 1.67. The van der Waals surface area contributed by atoms with Crippen molar-refractivity contribution in [1.29, 1.82) is 0 Å². The lowest BCUT2D eigenvalue weighted by Crippen LogP contribution is -1.88. The number of hydrogen-bond acceptors (Lipinski definition) is 5. The molecule has 0 bridgehead atoms. The molecule has 0 aromatic carbocycles. The number of pyridine rings is 1. The lowest BCUT2D eigenvalue weighted by Gasteiger charge is -1.96. The quantitative estimate of drug-likeness (QED) is 0.813. The molecule has 0 spiro atoms. The third-order valence-electron chi connectivity index (χ3n) is 1.89. The maximum Gasteiger partial charge on any atom is 0.232 e. The van der Waals surface area contributed by atoms with Gasteiger partial charge in [-0.15, -0.1) is 0 Å². The first kappa shape index (κ1) is 9.08. The minimum atomic E-state index is 0.311. The van der Waals surface area contributed by atoms with E-state index in [1.54, 1.807) is 0 Å². The molecule has 0 fully saturated rings. The van der Waals surface area contributed by atoms with E-state index < -0.39 is 0 Å². The number of nitrogens with two attached hydrogens (primary N) is 1. The van der Waals surface area contributed by atoms with E-state index in [9.17, 15) is 0 Å². The molecule has 0 saturated heterocycles. The molecule has 72 valence electrons. The third kappa shape index (κ3) is 1.72. The first-order chi connectivity index (χ1) is 6.79. The Morgan fingerprint density at radius 1 is 1.43 bits per heavy atom. The second-order valence-electron chi connectivity index (χ2n) is 2.86. The standard InChI is InChI=1S/C9H10N4S/c1-2-6-3-4-7(11-5-6)8-12-9(10)13-14-8/h3-5H,2H2,1H3,(H2,10,13). The zero-order chi connectivity index (χ0) is 9.97. The number of nitrogen functional groups attached to an aromatic ring is 1. The fraction of sp³-hybridized carbons (Fsp3) is 0.222. The minimum Gasteiger partial charge on any atom is -0.367 e. The third-order valence-corrected chi connectivity index (χ3v) is 2.65. The highest BCUT2D eigenvalue weighted by atomic mass is 32.1. The van der Waals surface area contributed by atoms with Gasteiger partial charge < -0.3 is 5.73 Å². The average molecular weight is 206 g/mol. The van der Waals surface area contributed by atoms with Crippen LogP contribution in [0.4, 0.5) is 5.95 Å². The molecule has 2 heterocycles. The van der Waals surface area contributed by atoms with Crippen LogP contribution in [-0.2, 0) is 6.42 Å². The van der Waals surface area contributed by atoms with Gasteiger partial charge in [-0.1, -0.05) is 13.0 Å². The second kappa shape index (κ2) is 3.71. The molecule has 0 unspecified atom stereocenters. The molecule has 2 aromatic rings. The van der Waals surface area contributed by atoms with Crippen molar-refractivity contribution >= 4 is 17.5 Å². The van der Waals surface area contributed by atoms with E-state index in [0.717, 1.165) is 17.1 Å². The van der Waals surface area contributed by atoms with Crippen LogP contribution in [0.25, 0.3) is 10.7 Å². The van der Waals surface area contributed by atoms with Crippen molar-refractivity contribution in [2.45, 2.75) is 13.3 Å². The highest BCUT2D eigenvalue weighted by Crippen LogP contribution is 2.19. The molecule has 2 rings (SSSR count). The maximum atomic E-state index is 5.43. The minimum absolute atomic E-state index is 0.311. The number of anilines is 1. The maximum absolute atomic E-state index is 5.43. The summed E-state index contributed by atoms with van der Waals surface area (Å²) >= 11 is 1.27. The van der Waals surface area contributed by atoms with Crippen LogP contribution in [-0.4, -0.2) is 14.3 Å². The zero-order valence-electron chi connectivity index (χ0n) is 7.77. The van der Waals surface area contributed by atoms with Crippen molar-refractivity contribution in [3.8, 4) is 10.7 Å². The largest absolute Gasteiger partial charge is 0.367 e. The highest BCUT2D eigenvalue weighted by molar-refractivity contribution is 7.09. The van der Waals surface area contributed by atoms with Crippen molar-refractivity contribution < 1.29 is 0 Å². The normalized spacial score (nSPS) is 10.4. The molecule has 14 heavy (non-hydrogen) atoms. The molecule has 5 heteroatoms. The van der Waals surface area contributed by atoms with E-state index in [1.165, 1.54) is 17.1 Å². The first-order valence-corrected chi connectivity index (χ1v) is 5.11. The highest BCUT2D eigenvalue weighted by Gasteiger charge is 2.04. The van der Waals surface area contributed by atoms with E-state index in [2.05, 4.69) is 21.3 Å². The van der Waals surface area contributed by atoms with E-state index >= 15 is 0 Å². The topological polar surface area (TPSA) is 64.7 Å². The Morgan fingerprint density at radius 3 is 2.79 bits per heavy atom. The monoisotopic (exact) mass is 206 g/mol. The van der Waals surface area contributed by atoms with Crippen LogP contribution in [0.3, 0.4) is 0 Å². The van der Waals surface area contributed by atoms with E-state index in [0.29, 0.717) is 5.95 Å². The molecular formula is C9H10N4S. The molecule has 0 aliphatic rings. The molecule has 0 aliphatic carbocycles. The lowest BCUT2D eigenvalue weighted by molar-refractivity contribution is 1.10. The Morgan fingerprint density at radius 2 is 2.29 bits per heavy atom. The van der Waals surface area contributed by atoms with Crippen molar-refractivity contribution in [2.75, 3.05) is 5.73 Å². The zero-order valence-corrected chi connectivity index (χ0v) is 8.58. The van der Waals surface area contributed by atoms with Gasteiger partial charge in [0.15, 0.2) is 5.01 Å². The molecule has 2 N–H and O–H groups in total. The predicted molar refractivity (Wildman–Crippen MR) is 56.9 cm³/mol. The summed E-state index contributed by atoms with van der Waals surface area (Å²) in [6.45, 7) is 2.10. The van der Waals surface area contributed by atoms with Crippen molar-refractivity contribution in [1.82, 2.24) is 14.3 Å². The van der Waals surface area contributed by atoms with Crippen molar-refractivity contribution in [2.24, 2.45) is 0 Å². The van der Waals surface area contributed by atoms with Crippen LogP contribution in [0, 0.1) is 0 Å². The van der Waals surface area contributed by atoms with Gasteiger partial charge in [0, 0.05) is 6.20 Å². The summed E-state index contributed by atoms with van der Waals surface area (Å²) in [5, 5.41) is 0.769. The number of hydrogen-bond donors (Lipinski definition) is 1. The summed E-state index contributed by atoms with van der Waals surface area (Å²) in [4.78, 5) is 8.34. The lowest BCUT2D eigenvalue weighted by atomic mass is 10.2. The Hall–Kier alpha value is -1.49. The summed E-state index contributed by atoms with van der Waals surface area (Å²) in [5.41, 5.74) is 7.48. The summed E-state index contributed by atoms with van der Waals surface area (Å²) in [5.74, 6) is 0.311. The van der Waals surface area contributed by atoms with Gasteiger partial charge in [-0.25, -0.2) is 0 Å². The molecule has 4 nitrogen and oxygen atoms in total. The molecular weight excluding hydrogens is 196 g/mol. The fourth-order valence-electron chi connectivity index (χ4n) is 1.10. The van der Waals surface area contributed by atoms with Gasteiger partial charge in [0.25, 0.3) is 0 Å². The molecule has 0 amide bonds. The van der Waals surface area contributed by atoms with Gasteiger partial charge >= 0.3 is 0 Å². The average Bonchev–Trinajstić information content (AvgIpc) is 2.65. The summed E-state index contributed by atoms with van der Waals surface area (Å²) < 4.78 is 3.90. The smallest absolute Gasteiger partial charge is 0.232 e. The van der Waals surface area contributed by atoms with Crippen LogP contribution in [0.1, 0.15) is 12.5 Å². The van der Waals surface area contributed by atoms with Crippen LogP contribution >= 0.6 is 11.5 Å². The van der Waals surface area contributed by atoms with E-state index in [1.807, 2.05) is 18.3 Å². The predicted octanol–water partition coefficient (Wildman–Crippen LogP) is 1.74. The van der Waals surface area contributed by atoms with Crippen LogP contribution in [0.5, 0.6) is 0 Å². The summed E-state index contributed by atoms with van der Waals surface area (Å²) in [6.07, 6.45) is 2.85. The van der Waals surface area contributed by atoms with E-state index in [4.69, 9.17) is 5.73 Å². The Balaban J connectivity index is 2.33. The number of aryl methyl sites for hydroxylation is 1. The van der Waals surface area contributed by atoms with Crippen molar-refractivity contribution in [3.63, 3.8) is 0 Å².